The van der Waals surface area contributed by atoms with Crippen molar-refractivity contribution in [2.75, 3.05) is 0 Å². The molecule has 3 heteroatoms. The van der Waals surface area contributed by atoms with Gasteiger partial charge in [0.05, 0.1) is 0 Å². The van der Waals surface area contributed by atoms with Crippen LogP contribution in [0.25, 0.3) is 5.57 Å². The summed E-state index contributed by atoms with van der Waals surface area (Å²) in [5, 5.41) is 8.81. The van der Waals surface area contributed by atoms with E-state index in [1.54, 1.807) is 6.92 Å². The van der Waals surface area contributed by atoms with Crippen LogP contribution in [0, 0.1) is 11.3 Å². The Balaban J connectivity index is 1.67. The topological polar surface area (TPSA) is 46.5 Å². The maximum Gasteiger partial charge on any atom is 0.328 e. The first-order chi connectivity index (χ1) is 13.1. The third-order valence-electron chi connectivity index (χ3n) is 8.07. The fourth-order valence-corrected chi connectivity index (χ4v) is 6.12. The lowest BCUT2D eigenvalue weighted by Crippen LogP contribution is -2.54. The number of ether oxygens (including phenoxy) is 1. The maximum atomic E-state index is 10.7. The van der Waals surface area contributed by atoms with Gasteiger partial charge in [-0.3, -0.25) is 0 Å². The van der Waals surface area contributed by atoms with Gasteiger partial charge in [-0.2, -0.15) is 0 Å². The van der Waals surface area contributed by atoms with Crippen molar-refractivity contribution in [1.82, 2.24) is 0 Å². The van der Waals surface area contributed by atoms with Gasteiger partial charge in [-0.15, -0.1) is 0 Å². The fourth-order valence-electron chi connectivity index (χ4n) is 6.12. The highest BCUT2D eigenvalue weighted by atomic mass is 16.5. The number of allylic oxidation sites excluding steroid dienone is 5. The first-order valence-corrected chi connectivity index (χ1v) is 10.2. The van der Waals surface area contributed by atoms with Gasteiger partial charge in [0, 0.05) is 17.1 Å². The third kappa shape index (κ3) is 2.45. The summed E-state index contributed by atoms with van der Waals surface area (Å²) < 4.78 is 6.61. The van der Waals surface area contributed by atoms with E-state index in [1.807, 2.05) is 18.2 Å². The molecular weight excluding hydrogens is 348 g/mol. The Labute approximate surface area is 167 Å². The molecule has 4 unspecified atom stereocenters. The molecule has 148 valence electrons. The molecule has 2 aliphatic carbocycles. The van der Waals surface area contributed by atoms with E-state index in [9.17, 15) is 4.79 Å². The number of hydrogen-bond acceptors (Lipinski definition) is 2. The maximum absolute atomic E-state index is 10.7. The minimum atomic E-state index is -0.919. The zero-order chi connectivity index (χ0) is 20.3. The molecule has 0 aromatic heterocycles. The van der Waals surface area contributed by atoms with Gasteiger partial charge in [0.1, 0.15) is 11.4 Å². The molecule has 2 bridgehead atoms. The van der Waals surface area contributed by atoms with E-state index in [-0.39, 0.29) is 11.0 Å². The molecule has 2 saturated carbocycles. The van der Waals surface area contributed by atoms with Crippen LogP contribution in [-0.4, -0.2) is 16.7 Å². The monoisotopic (exact) mass is 378 g/mol. The van der Waals surface area contributed by atoms with Crippen LogP contribution < -0.4 is 4.74 Å². The SMILES string of the molecule is C/C(=C/C=C/C(C)=C/C(=O)O)c1ccc2c(c1)C1(C)C3(C)CCC(C3)C1(C)O2. The number of benzene rings is 1. The van der Waals surface area contributed by atoms with Crippen LogP contribution in [0.4, 0.5) is 0 Å². The number of carboxylic acid groups (broad SMARTS) is 1. The van der Waals surface area contributed by atoms with Crippen LogP contribution in [0.1, 0.15) is 65.0 Å². The molecule has 4 rings (SSSR count). The molecule has 3 aliphatic rings. The summed E-state index contributed by atoms with van der Waals surface area (Å²) in [6, 6.07) is 6.60. The molecule has 0 amide bonds. The molecule has 3 nitrogen and oxygen atoms in total. The van der Waals surface area contributed by atoms with Gasteiger partial charge in [0.15, 0.2) is 0 Å². The van der Waals surface area contributed by atoms with E-state index < -0.39 is 5.97 Å². The molecule has 2 fully saturated rings. The number of fused-ring (bicyclic) bond motifs is 7. The summed E-state index contributed by atoms with van der Waals surface area (Å²) in [5.41, 5.74) is 4.68. The van der Waals surface area contributed by atoms with Crippen LogP contribution in [0.5, 0.6) is 5.75 Å². The highest BCUT2D eigenvalue weighted by molar-refractivity contribution is 5.81. The highest BCUT2D eigenvalue weighted by Gasteiger charge is 2.73. The second kappa shape index (κ2) is 6.10. The summed E-state index contributed by atoms with van der Waals surface area (Å²) in [6.45, 7) is 11.1. The molecule has 28 heavy (non-hydrogen) atoms. The first kappa shape index (κ1) is 19.0. The summed E-state index contributed by atoms with van der Waals surface area (Å²) in [4.78, 5) is 10.7. The van der Waals surface area contributed by atoms with Crippen LogP contribution in [0.15, 0.2) is 48.1 Å². The van der Waals surface area contributed by atoms with Crippen molar-refractivity contribution in [3.05, 3.63) is 59.2 Å². The Bertz CT molecular complexity index is 937. The van der Waals surface area contributed by atoms with Crippen molar-refractivity contribution in [3.63, 3.8) is 0 Å². The number of hydrogen-bond donors (Lipinski definition) is 1. The first-order valence-electron chi connectivity index (χ1n) is 10.2. The Morgan fingerprint density at radius 1 is 1.25 bits per heavy atom. The highest BCUT2D eigenvalue weighted by Crippen LogP contribution is 2.73. The Kier molecular flexibility index (Phi) is 4.15. The van der Waals surface area contributed by atoms with Gasteiger partial charge in [-0.1, -0.05) is 38.1 Å². The van der Waals surface area contributed by atoms with Crippen molar-refractivity contribution >= 4 is 11.5 Å². The number of rotatable bonds is 4. The van der Waals surface area contributed by atoms with Crippen molar-refractivity contribution in [2.45, 2.75) is 64.9 Å². The van der Waals surface area contributed by atoms with Crippen LogP contribution in [0.2, 0.25) is 0 Å². The second-order valence-electron chi connectivity index (χ2n) is 9.48. The van der Waals surface area contributed by atoms with Crippen molar-refractivity contribution in [3.8, 4) is 5.75 Å². The van der Waals surface area contributed by atoms with E-state index in [0.29, 0.717) is 11.3 Å². The Morgan fingerprint density at radius 2 is 2.00 bits per heavy atom. The lowest BCUT2D eigenvalue weighted by molar-refractivity contribution is -0.131. The van der Waals surface area contributed by atoms with E-state index in [0.717, 1.165) is 16.9 Å². The van der Waals surface area contributed by atoms with Gasteiger partial charge < -0.3 is 9.84 Å². The molecule has 1 aliphatic heterocycles. The van der Waals surface area contributed by atoms with Gasteiger partial charge in [0.2, 0.25) is 0 Å². The van der Waals surface area contributed by atoms with Gasteiger partial charge >= 0.3 is 5.97 Å². The molecule has 4 atom stereocenters. The summed E-state index contributed by atoms with van der Waals surface area (Å²) in [7, 11) is 0. The standard InChI is InChI=1S/C25H30O3/c1-16(13-22(26)27)7-6-8-17(2)18-9-10-21-20(14-18)24(4)23(3)12-11-19(15-23)25(24,5)28-21/h6-10,13-14,19H,11-12,15H2,1-5H3,(H,26,27)/b7-6+,16-13+,17-8-. The van der Waals surface area contributed by atoms with E-state index in [1.165, 1.54) is 36.5 Å². The molecule has 1 aromatic rings. The summed E-state index contributed by atoms with van der Waals surface area (Å²) >= 11 is 0. The van der Waals surface area contributed by atoms with Crippen LogP contribution >= 0.6 is 0 Å². The van der Waals surface area contributed by atoms with Crippen LogP contribution in [0.3, 0.4) is 0 Å². The Morgan fingerprint density at radius 3 is 2.71 bits per heavy atom. The Hall–Kier alpha value is -2.29. The average molecular weight is 379 g/mol. The predicted molar refractivity (Wildman–Crippen MR) is 112 cm³/mol. The normalized spacial score (nSPS) is 36.5. The lowest BCUT2D eigenvalue weighted by atomic mass is 9.56. The zero-order valence-electron chi connectivity index (χ0n) is 17.5. The largest absolute Gasteiger partial charge is 0.486 e. The van der Waals surface area contributed by atoms with E-state index in [2.05, 4.69) is 45.9 Å². The van der Waals surface area contributed by atoms with Crippen molar-refractivity contribution in [2.24, 2.45) is 11.3 Å². The smallest absolute Gasteiger partial charge is 0.328 e. The van der Waals surface area contributed by atoms with Gasteiger partial charge in [-0.05, 0) is 80.2 Å². The minimum absolute atomic E-state index is 0.0468. The summed E-state index contributed by atoms with van der Waals surface area (Å²) in [5.74, 6) is 0.772. The van der Waals surface area contributed by atoms with E-state index in [4.69, 9.17) is 9.84 Å². The molecule has 1 heterocycles. The quantitative estimate of drug-likeness (QED) is 0.524. The van der Waals surface area contributed by atoms with Gasteiger partial charge in [0.25, 0.3) is 0 Å². The average Bonchev–Trinajstić information content (AvgIpc) is 3.18. The van der Waals surface area contributed by atoms with E-state index >= 15 is 0 Å². The second-order valence-corrected chi connectivity index (χ2v) is 9.48. The summed E-state index contributed by atoms with van der Waals surface area (Å²) in [6.07, 6.45) is 10.8. The van der Waals surface area contributed by atoms with Crippen molar-refractivity contribution < 1.29 is 14.6 Å². The van der Waals surface area contributed by atoms with Gasteiger partial charge in [-0.25, -0.2) is 4.79 Å². The zero-order valence-corrected chi connectivity index (χ0v) is 17.5. The molecule has 1 aromatic carbocycles. The number of carboxylic acids is 1. The molecule has 0 radical (unpaired) electrons. The molecule has 0 saturated heterocycles. The molecular formula is C25H30O3. The number of carbonyl (C=O) groups is 1. The van der Waals surface area contributed by atoms with Crippen molar-refractivity contribution in [1.29, 1.82) is 0 Å². The predicted octanol–water partition coefficient (Wildman–Crippen LogP) is 5.91. The minimum Gasteiger partial charge on any atom is -0.486 e. The molecule has 1 N–H and O–H groups in total. The third-order valence-corrected chi connectivity index (χ3v) is 8.07. The lowest BCUT2D eigenvalue weighted by Gasteiger charge is -2.48. The fraction of sp³-hybridized carbons (Fsp3) is 0.480. The van der Waals surface area contributed by atoms with Crippen LogP contribution in [-0.2, 0) is 10.2 Å². The number of aliphatic carboxylic acids is 1. The molecule has 0 spiro atoms.